The van der Waals surface area contributed by atoms with Gasteiger partial charge in [0.15, 0.2) is 5.13 Å². The zero-order valence-corrected chi connectivity index (χ0v) is 14.3. The minimum atomic E-state index is -0.556. The summed E-state index contributed by atoms with van der Waals surface area (Å²) in [6.07, 6.45) is 3.56. The number of amides is 3. The number of hydrogen-bond acceptors (Lipinski definition) is 6. The number of carbonyl (C=O) groups excluding carboxylic acids is 3. The van der Waals surface area contributed by atoms with E-state index in [1.54, 1.807) is 6.20 Å². The molecule has 1 saturated heterocycles. The molecule has 0 radical (unpaired) electrons. The van der Waals surface area contributed by atoms with Crippen molar-refractivity contribution in [3.63, 3.8) is 0 Å². The van der Waals surface area contributed by atoms with Gasteiger partial charge in [0.1, 0.15) is 0 Å². The van der Waals surface area contributed by atoms with Crippen molar-refractivity contribution in [1.29, 1.82) is 0 Å². The van der Waals surface area contributed by atoms with Crippen molar-refractivity contribution in [3.05, 3.63) is 57.4 Å². The number of thiazole rings is 1. The zero-order valence-electron chi connectivity index (χ0n) is 12.7. The Hall–Kier alpha value is -2.45. The molecule has 2 heterocycles. The van der Waals surface area contributed by atoms with Gasteiger partial charge in [-0.05, 0) is 24.2 Å². The number of nitrogens with zero attached hydrogens (tertiary/aromatic N) is 1. The lowest BCUT2D eigenvalue weighted by Crippen LogP contribution is -2.18. The minimum absolute atomic E-state index is 0.0777. The average Bonchev–Trinajstić information content (AvgIpc) is 3.08. The summed E-state index contributed by atoms with van der Waals surface area (Å²) in [5, 5.41) is 4.68. The summed E-state index contributed by atoms with van der Waals surface area (Å²) in [5.74, 6) is -1.04. The second-order valence-corrected chi connectivity index (χ2v) is 7.27. The highest BCUT2D eigenvalue weighted by atomic mass is 32.2. The van der Waals surface area contributed by atoms with Gasteiger partial charge in [0.25, 0.3) is 17.1 Å². The van der Waals surface area contributed by atoms with E-state index in [1.165, 1.54) is 22.5 Å². The number of nitrogens with one attached hydrogen (secondary N) is 2. The van der Waals surface area contributed by atoms with Crippen molar-refractivity contribution < 1.29 is 14.4 Å². The lowest BCUT2D eigenvalue weighted by atomic mass is 10.1. The SMILES string of the molecule is Cc1ccc(Cc2cnc(NC(=O)/C=C3/SC(=O)NC3=O)s2)cc1. The molecule has 1 aromatic carbocycles. The Labute approximate surface area is 146 Å². The van der Waals surface area contributed by atoms with Crippen LogP contribution in [-0.2, 0) is 16.0 Å². The molecule has 8 heteroatoms. The van der Waals surface area contributed by atoms with Crippen LogP contribution in [0.4, 0.5) is 9.93 Å². The number of hydrogen-bond donors (Lipinski definition) is 2. The van der Waals surface area contributed by atoms with Gasteiger partial charge in [-0.25, -0.2) is 4.98 Å². The number of rotatable bonds is 4. The lowest BCUT2D eigenvalue weighted by Gasteiger charge is -1.99. The highest BCUT2D eigenvalue weighted by molar-refractivity contribution is 8.18. The van der Waals surface area contributed by atoms with Crippen LogP contribution in [-0.4, -0.2) is 22.0 Å². The maximum Gasteiger partial charge on any atom is 0.290 e. The molecule has 0 aliphatic carbocycles. The summed E-state index contributed by atoms with van der Waals surface area (Å²) < 4.78 is 0. The number of carbonyl (C=O) groups is 3. The van der Waals surface area contributed by atoms with E-state index in [4.69, 9.17) is 0 Å². The first-order valence-electron chi connectivity index (χ1n) is 7.06. The third kappa shape index (κ3) is 4.09. The van der Waals surface area contributed by atoms with Crippen LogP contribution in [0.3, 0.4) is 0 Å². The summed E-state index contributed by atoms with van der Waals surface area (Å²) in [7, 11) is 0. The minimum Gasteiger partial charge on any atom is -0.298 e. The molecule has 1 fully saturated rings. The van der Waals surface area contributed by atoms with Gasteiger partial charge in [-0.1, -0.05) is 29.8 Å². The quantitative estimate of drug-likeness (QED) is 0.820. The van der Waals surface area contributed by atoms with Gasteiger partial charge in [0, 0.05) is 23.6 Å². The summed E-state index contributed by atoms with van der Waals surface area (Å²) in [5.41, 5.74) is 2.37. The monoisotopic (exact) mass is 359 g/mol. The van der Waals surface area contributed by atoms with Crippen molar-refractivity contribution in [2.45, 2.75) is 13.3 Å². The van der Waals surface area contributed by atoms with Crippen LogP contribution in [0.25, 0.3) is 0 Å². The molecule has 0 saturated carbocycles. The second kappa shape index (κ2) is 6.98. The fraction of sp³-hybridized carbons (Fsp3) is 0.125. The number of anilines is 1. The Morgan fingerprint density at radius 3 is 2.71 bits per heavy atom. The zero-order chi connectivity index (χ0) is 17.1. The van der Waals surface area contributed by atoms with Gasteiger partial charge in [-0.15, -0.1) is 11.3 Å². The largest absolute Gasteiger partial charge is 0.298 e. The van der Waals surface area contributed by atoms with E-state index in [0.29, 0.717) is 16.9 Å². The van der Waals surface area contributed by atoms with Gasteiger partial charge in [-0.3, -0.25) is 25.0 Å². The number of benzene rings is 1. The van der Waals surface area contributed by atoms with Crippen molar-refractivity contribution in [2.24, 2.45) is 0 Å². The molecular weight excluding hydrogens is 346 g/mol. The Balaban J connectivity index is 1.62. The van der Waals surface area contributed by atoms with Crippen molar-refractivity contribution >= 4 is 45.3 Å². The van der Waals surface area contributed by atoms with E-state index >= 15 is 0 Å². The van der Waals surface area contributed by atoms with Crippen LogP contribution in [0, 0.1) is 6.92 Å². The smallest absolute Gasteiger partial charge is 0.290 e. The average molecular weight is 359 g/mol. The third-order valence-corrected chi connectivity index (χ3v) is 4.91. The summed E-state index contributed by atoms with van der Waals surface area (Å²) >= 11 is 2.08. The van der Waals surface area contributed by atoms with Crippen LogP contribution in [0.15, 0.2) is 41.4 Å². The maximum absolute atomic E-state index is 11.9. The normalized spacial score (nSPS) is 15.6. The number of imide groups is 1. The molecule has 2 N–H and O–H groups in total. The van der Waals surface area contributed by atoms with Crippen molar-refractivity contribution in [2.75, 3.05) is 5.32 Å². The molecule has 0 unspecified atom stereocenters. The molecule has 3 rings (SSSR count). The first kappa shape index (κ1) is 16.4. The molecule has 2 aromatic rings. The Bertz CT molecular complexity index is 841. The van der Waals surface area contributed by atoms with E-state index in [2.05, 4.69) is 39.9 Å². The van der Waals surface area contributed by atoms with Crippen LogP contribution in [0.5, 0.6) is 0 Å². The molecule has 6 nitrogen and oxygen atoms in total. The second-order valence-electron chi connectivity index (χ2n) is 5.14. The Kier molecular flexibility index (Phi) is 4.77. The molecule has 122 valence electrons. The van der Waals surface area contributed by atoms with Crippen molar-refractivity contribution in [3.8, 4) is 0 Å². The lowest BCUT2D eigenvalue weighted by molar-refractivity contribution is -0.116. The van der Waals surface area contributed by atoms with Crippen LogP contribution < -0.4 is 10.6 Å². The molecule has 1 aliphatic heterocycles. The van der Waals surface area contributed by atoms with Crippen LogP contribution in [0.2, 0.25) is 0 Å². The van der Waals surface area contributed by atoms with Gasteiger partial charge < -0.3 is 0 Å². The van der Waals surface area contributed by atoms with E-state index < -0.39 is 17.1 Å². The van der Waals surface area contributed by atoms with Gasteiger partial charge in [0.05, 0.1) is 4.91 Å². The van der Waals surface area contributed by atoms with E-state index in [1.807, 2.05) is 6.92 Å². The maximum atomic E-state index is 11.9. The molecule has 0 spiro atoms. The van der Waals surface area contributed by atoms with Crippen molar-refractivity contribution in [1.82, 2.24) is 10.3 Å². The number of thioether (sulfide) groups is 1. The molecular formula is C16H13N3O3S2. The van der Waals surface area contributed by atoms with E-state index in [9.17, 15) is 14.4 Å². The van der Waals surface area contributed by atoms with E-state index in [-0.39, 0.29) is 4.91 Å². The molecule has 1 aliphatic rings. The predicted octanol–water partition coefficient (Wildman–Crippen LogP) is 2.85. The molecule has 0 atom stereocenters. The first-order valence-corrected chi connectivity index (χ1v) is 8.69. The van der Waals surface area contributed by atoms with Crippen LogP contribution in [0.1, 0.15) is 16.0 Å². The van der Waals surface area contributed by atoms with E-state index in [0.717, 1.165) is 17.4 Å². The topological polar surface area (TPSA) is 88.2 Å². The highest BCUT2D eigenvalue weighted by Crippen LogP contribution is 2.24. The Morgan fingerprint density at radius 1 is 1.29 bits per heavy atom. The first-order chi connectivity index (χ1) is 11.5. The van der Waals surface area contributed by atoms with Gasteiger partial charge in [0.2, 0.25) is 0 Å². The molecule has 3 amide bonds. The summed E-state index contributed by atoms with van der Waals surface area (Å²) in [6.45, 7) is 2.04. The van der Waals surface area contributed by atoms with Gasteiger partial charge >= 0.3 is 0 Å². The summed E-state index contributed by atoms with van der Waals surface area (Å²) in [4.78, 5) is 39.6. The molecule has 0 bridgehead atoms. The summed E-state index contributed by atoms with van der Waals surface area (Å²) in [6, 6.07) is 8.23. The highest BCUT2D eigenvalue weighted by Gasteiger charge is 2.26. The molecule has 1 aromatic heterocycles. The van der Waals surface area contributed by atoms with Gasteiger partial charge in [-0.2, -0.15) is 0 Å². The molecule has 24 heavy (non-hydrogen) atoms. The predicted molar refractivity (Wildman–Crippen MR) is 93.9 cm³/mol. The fourth-order valence-corrected chi connectivity index (χ4v) is 3.54. The number of aryl methyl sites for hydroxylation is 1. The number of aromatic nitrogens is 1. The fourth-order valence-electron chi connectivity index (χ4n) is 2.04. The third-order valence-electron chi connectivity index (χ3n) is 3.19. The van der Waals surface area contributed by atoms with Crippen LogP contribution >= 0.6 is 23.1 Å². The Morgan fingerprint density at radius 2 is 2.04 bits per heavy atom. The standard InChI is InChI=1S/C16H13N3O3S2/c1-9-2-4-10(5-3-9)6-11-8-17-15(23-11)18-13(20)7-12-14(21)19-16(22)24-12/h2-5,7-8H,6H2,1H3,(H,17,18,20)(H,19,21,22)/b12-7+.